The number of ketones is 1. The van der Waals surface area contributed by atoms with Gasteiger partial charge in [0.15, 0.2) is 5.78 Å². The fourth-order valence-corrected chi connectivity index (χ4v) is 2.04. The number of ether oxygens (including phenoxy) is 2. The highest BCUT2D eigenvalue weighted by atomic mass is 16.6. The maximum atomic E-state index is 12.0. The number of benzene rings is 1. The zero-order valence-electron chi connectivity index (χ0n) is 10.3. The van der Waals surface area contributed by atoms with E-state index >= 15 is 0 Å². The number of allylic oxidation sites excluding steroid dienone is 1. The summed E-state index contributed by atoms with van der Waals surface area (Å²) in [6.45, 7) is 1.91. The zero-order chi connectivity index (χ0) is 13.2. The van der Waals surface area contributed by atoms with Gasteiger partial charge in [0.2, 0.25) is 5.60 Å². The highest BCUT2D eigenvalue weighted by Gasteiger charge is 2.46. The summed E-state index contributed by atoms with van der Waals surface area (Å²) >= 11 is 0. The molecule has 0 bridgehead atoms. The summed E-state index contributed by atoms with van der Waals surface area (Å²) in [6.07, 6.45) is 2.53. The molecule has 0 spiro atoms. The number of carbonyl (C=O) groups excluding carboxylic acids is 2. The molecular formula is C14H14O4. The van der Waals surface area contributed by atoms with E-state index in [0.29, 0.717) is 5.56 Å². The van der Waals surface area contributed by atoms with Gasteiger partial charge in [-0.05, 0) is 6.92 Å². The van der Waals surface area contributed by atoms with Crippen LogP contribution in [0.15, 0.2) is 36.6 Å². The topological polar surface area (TPSA) is 52.6 Å². The largest absolute Gasteiger partial charge is 0.478 e. The molecule has 0 amide bonds. The quantitative estimate of drug-likeness (QED) is 0.747. The summed E-state index contributed by atoms with van der Waals surface area (Å²) in [4.78, 5) is 23.6. The van der Waals surface area contributed by atoms with E-state index in [1.54, 1.807) is 6.07 Å². The first-order valence-electron chi connectivity index (χ1n) is 5.61. The van der Waals surface area contributed by atoms with Gasteiger partial charge in [-0.2, -0.15) is 0 Å². The molecule has 1 aromatic carbocycles. The molecule has 1 heterocycles. The van der Waals surface area contributed by atoms with Crippen molar-refractivity contribution in [1.29, 1.82) is 0 Å². The Morgan fingerprint density at radius 3 is 2.83 bits per heavy atom. The Morgan fingerprint density at radius 1 is 1.44 bits per heavy atom. The Hall–Kier alpha value is -2.10. The second-order valence-electron chi connectivity index (χ2n) is 4.25. The maximum absolute atomic E-state index is 12.0. The number of hydrogen-bond acceptors (Lipinski definition) is 4. The van der Waals surface area contributed by atoms with Crippen molar-refractivity contribution in [2.24, 2.45) is 0 Å². The summed E-state index contributed by atoms with van der Waals surface area (Å²) in [6, 6.07) is 7.32. The molecule has 0 N–H and O–H groups in total. The summed E-state index contributed by atoms with van der Waals surface area (Å²) in [5.41, 5.74) is 0.264. The van der Waals surface area contributed by atoms with Crippen molar-refractivity contribution < 1.29 is 19.1 Å². The van der Waals surface area contributed by atoms with Crippen LogP contribution in [0.2, 0.25) is 0 Å². The van der Waals surface area contributed by atoms with Gasteiger partial charge in [0.1, 0.15) is 0 Å². The van der Waals surface area contributed by atoms with E-state index in [0.717, 1.165) is 5.56 Å². The molecule has 0 saturated heterocycles. The first-order chi connectivity index (χ1) is 8.58. The van der Waals surface area contributed by atoms with Gasteiger partial charge in [-0.3, -0.25) is 4.79 Å². The van der Waals surface area contributed by atoms with Gasteiger partial charge >= 0.3 is 5.97 Å². The molecule has 2 rings (SSSR count). The molecule has 0 saturated carbocycles. The van der Waals surface area contributed by atoms with Crippen molar-refractivity contribution in [3.05, 3.63) is 47.7 Å². The first kappa shape index (κ1) is 12.4. The van der Waals surface area contributed by atoms with Crippen LogP contribution >= 0.6 is 0 Å². The molecule has 0 aliphatic carbocycles. The lowest BCUT2D eigenvalue weighted by atomic mass is 9.86. The Balaban J connectivity index is 2.52. The smallest absolute Gasteiger partial charge is 0.355 e. The average molecular weight is 246 g/mol. The summed E-state index contributed by atoms with van der Waals surface area (Å²) in [5, 5.41) is 0. The third-order valence-corrected chi connectivity index (χ3v) is 2.95. The van der Waals surface area contributed by atoms with E-state index in [1.165, 1.54) is 19.4 Å². The van der Waals surface area contributed by atoms with Crippen LogP contribution in [0, 0.1) is 6.92 Å². The van der Waals surface area contributed by atoms with E-state index in [1.807, 2.05) is 25.1 Å². The Bertz CT molecular complexity index is 518. The highest BCUT2D eigenvalue weighted by molar-refractivity contribution is 5.96. The summed E-state index contributed by atoms with van der Waals surface area (Å²) in [7, 11) is 1.28. The number of methoxy groups -OCH3 is 1. The number of hydrogen-bond donors (Lipinski definition) is 0. The molecule has 0 fully saturated rings. The summed E-state index contributed by atoms with van der Waals surface area (Å²) in [5.74, 6) is -0.723. The average Bonchev–Trinajstić information content (AvgIpc) is 2.37. The molecular weight excluding hydrogens is 232 g/mol. The van der Waals surface area contributed by atoms with Gasteiger partial charge in [-0.15, -0.1) is 0 Å². The number of aryl methyl sites for hydroxylation is 1. The lowest BCUT2D eigenvalue weighted by molar-refractivity contribution is -0.168. The van der Waals surface area contributed by atoms with Gasteiger partial charge < -0.3 is 9.47 Å². The van der Waals surface area contributed by atoms with Crippen LogP contribution < -0.4 is 0 Å². The maximum Gasteiger partial charge on any atom is 0.355 e. The molecule has 0 unspecified atom stereocenters. The number of carbonyl (C=O) groups is 2. The lowest BCUT2D eigenvalue weighted by Gasteiger charge is -2.32. The minimum Gasteiger partial charge on any atom is -0.478 e. The zero-order valence-corrected chi connectivity index (χ0v) is 10.3. The van der Waals surface area contributed by atoms with Crippen LogP contribution in [-0.4, -0.2) is 18.9 Å². The van der Waals surface area contributed by atoms with E-state index < -0.39 is 11.6 Å². The van der Waals surface area contributed by atoms with Crippen molar-refractivity contribution in [3.8, 4) is 0 Å². The van der Waals surface area contributed by atoms with Gasteiger partial charge in [0.05, 0.1) is 19.8 Å². The Morgan fingerprint density at radius 2 is 2.22 bits per heavy atom. The Labute approximate surface area is 105 Å². The molecule has 18 heavy (non-hydrogen) atoms. The van der Waals surface area contributed by atoms with Crippen LogP contribution in [-0.2, 0) is 24.7 Å². The molecule has 4 heteroatoms. The Kier molecular flexibility index (Phi) is 3.19. The van der Waals surface area contributed by atoms with Crippen molar-refractivity contribution in [3.63, 3.8) is 0 Å². The standard InChI is InChI=1S/C14H14O4/c1-10-4-3-5-11(8-10)14(13(16)17-2)9-12(15)6-7-18-14/h3-8H,9H2,1-2H3/t14-/m1/s1. The minimum absolute atomic E-state index is 0.0420. The SMILES string of the molecule is COC(=O)[C@]1(c2cccc(C)c2)CC(=O)C=CO1. The van der Waals surface area contributed by atoms with Crippen molar-refractivity contribution in [1.82, 2.24) is 0 Å². The van der Waals surface area contributed by atoms with E-state index in [2.05, 4.69) is 0 Å². The molecule has 1 aliphatic rings. The normalized spacial score (nSPS) is 22.4. The molecule has 4 nitrogen and oxygen atoms in total. The van der Waals surface area contributed by atoms with Gasteiger partial charge in [0.25, 0.3) is 0 Å². The third kappa shape index (κ3) is 2.01. The third-order valence-electron chi connectivity index (χ3n) is 2.95. The monoisotopic (exact) mass is 246 g/mol. The van der Waals surface area contributed by atoms with Crippen LogP contribution in [0.1, 0.15) is 17.5 Å². The van der Waals surface area contributed by atoms with Crippen LogP contribution in [0.5, 0.6) is 0 Å². The first-order valence-corrected chi connectivity index (χ1v) is 5.61. The van der Waals surface area contributed by atoms with Crippen molar-refractivity contribution >= 4 is 11.8 Å². The number of rotatable bonds is 2. The second-order valence-corrected chi connectivity index (χ2v) is 4.25. The van der Waals surface area contributed by atoms with Crippen molar-refractivity contribution in [2.75, 3.05) is 7.11 Å². The predicted octanol–water partition coefficient (Wildman–Crippen LogP) is 1.87. The lowest BCUT2D eigenvalue weighted by Crippen LogP contribution is -2.42. The molecule has 1 aliphatic heterocycles. The summed E-state index contributed by atoms with van der Waals surface area (Å²) < 4.78 is 10.2. The molecule has 94 valence electrons. The molecule has 1 atom stereocenters. The van der Waals surface area contributed by atoms with E-state index in [-0.39, 0.29) is 12.2 Å². The van der Waals surface area contributed by atoms with Gasteiger partial charge in [-0.1, -0.05) is 29.8 Å². The van der Waals surface area contributed by atoms with Crippen molar-refractivity contribution in [2.45, 2.75) is 18.9 Å². The fourth-order valence-electron chi connectivity index (χ4n) is 2.04. The van der Waals surface area contributed by atoms with Gasteiger partial charge in [0, 0.05) is 11.6 Å². The predicted molar refractivity (Wildman–Crippen MR) is 64.7 cm³/mol. The number of esters is 1. The molecule has 0 radical (unpaired) electrons. The van der Waals surface area contributed by atoms with Crippen LogP contribution in [0.25, 0.3) is 0 Å². The van der Waals surface area contributed by atoms with Crippen LogP contribution in [0.3, 0.4) is 0 Å². The van der Waals surface area contributed by atoms with E-state index in [9.17, 15) is 9.59 Å². The molecule has 1 aromatic rings. The second kappa shape index (κ2) is 4.64. The highest BCUT2D eigenvalue weighted by Crippen LogP contribution is 2.34. The van der Waals surface area contributed by atoms with E-state index in [4.69, 9.17) is 9.47 Å². The minimum atomic E-state index is -1.35. The van der Waals surface area contributed by atoms with Gasteiger partial charge in [-0.25, -0.2) is 4.79 Å². The van der Waals surface area contributed by atoms with Crippen LogP contribution in [0.4, 0.5) is 0 Å². The fraction of sp³-hybridized carbons (Fsp3) is 0.286. The molecule has 0 aromatic heterocycles.